The molecule has 0 radical (unpaired) electrons. The van der Waals surface area contributed by atoms with E-state index in [0.29, 0.717) is 17.0 Å². The van der Waals surface area contributed by atoms with Crippen LogP contribution in [0.15, 0.2) is 54.6 Å². The summed E-state index contributed by atoms with van der Waals surface area (Å²) in [4.78, 5) is 26.0. The van der Waals surface area contributed by atoms with Crippen LogP contribution in [0.1, 0.15) is 32.7 Å². The molecule has 1 aliphatic heterocycles. The van der Waals surface area contributed by atoms with Gasteiger partial charge in [0.25, 0.3) is 5.91 Å². The van der Waals surface area contributed by atoms with Crippen LogP contribution in [0.25, 0.3) is 0 Å². The van der Waals surface area contributed by atoms with Crippen LogP contribution in [0.2, 0.25) is 0 Å². The van der Waals surface area contributed by atoms with E-state index in [1.54, 1.807) is 24.3 Å². The molecule has 1 saturated heterocycles. The molecule has 1 atom stereocenters. The molecule has 1 aliphatic rings. The molecule has 3 rings (SSSR count). The molecular formula is C19H20N2O2. The third-order valence-electron chi connectivity index (χ3n) is 4.36. The van der Waals surface area contributed by atoms with Crippen molar-refractivity contribution in [1.82, 2.24) is 4.90 Å². The minimum atomic E-state index is -0.561. The second-order valence-corrected chi connectivity index (χ2v) is 6.01. The zero-order chi connectivity index (χ0) is 16.2. The minimum absolute atomic E-state index is 0.102. The molecule has 118 valence electrons. The number of hydrogen-bond acceptors (Lipinski definition) is 2. The molecule has 0 spiro atoms. The summed E-state index contributed by atoms with van der Waals surface area (Å²) in [6.07, 6.45) is 1.96. The van der Waals surface area contributed by atoms with E-state index in [1.165, 1.54) is 5.56 Å². The standard InChI is InChI=1S/C19H20N2O2/c20-18(22)16-8-4-5-9-17(16)19(23)21-11-10-15(13-21)12-14-6-2-1-3-7-14/h1-9,15H,10-13H2,(H2,20,22). The largest absolute Gasteiger partial charge is 0.366 e. The Morgan fingerprint density at radius 2 is 1.65 bits per heavy atom. The average molecular weight is 308 g/mol. The van der Waals surface area contributed by atoms with Gasteiger partial charge in [-0.25, -0.2) is 0 Å². The fourth-order valence-electron chi connectivity index (χ4n) is 3.19. The molecule has 4 heteroatoms. The fraction of sp³-hybridized carbons (Fsp3) is 0.263. The Labute approximate surface area is 135 Å². The number of nitrogens with zero attached hydrogens (tertiary/aromatic N) is 1. The first-order valence-corrected chi connectivity index (χ1v) is 7.87. The van der Waals surface area contributed by atoms with E-state index in [1.807, 2.05) is 23.1 Å². The van der Waals surface area contributed by atoms with E-state index in [9.17, 15) is 9.59 Å². The maximum atomic E-state index is 12.7. The lowest BCUT2D eigenvalue weighted by molar-refractivity contribution is 0.0781. The van der Waals surface area contributed by atoms with Crippen molar-refractivity contribution in [3.05, 3.63) is 71.3 Å². The predicted octanol–water partition coefficient (Wildman–Crippen LogP) is 2.49. The Morgan fingerprint density at radius 1 is 1.00 bits per heavy atom. The molecule has 0 aliphatic carbocycles. The van der Waals surface area contributed by atoms with Gasteiger partial charge in [0.15, 0.2) is 0 Å². The topological polar surface area (TPSA) is 63.4 Å². The highest BCUT2D eigenvalue weighted by Gasteiger charge is 2.28. The molecule has 4 nitrogen and oxygen atoms in total. The number of primary amides is 1. The van der Waals surface area contributed by atoms with E-state index in [0.717, 1.165) is 25.9 Å². The van der Waals surface area contributed by atoms with Crippen molar-refractivity contribution in [1.29, 1.82) is 0 Å². The maximum Gasteiger partial charge on any atom is 0.254 e. The first kappa shape index (κ1) is 15.3. The van der Waals surface area contributed by atoms with Gasteiger partial charge in [0.1, 0.15) is 0 Å². The first-order valence-electron chi connectivity index (χ1n) is 7.87. The van der Waals surface area contributed by atoms with Crippen molar-refractivity contribution in [2.45, 2.75) is 12.8 Å². The highest BCUT2D eigenvalue weighted by molar-refractivity contribution is 6.06. The van der Waals surface area contributed by atoms with Gasteiger partial charge in [0.05, 0.1) is 11.1 Å². The van der Waals surface area contributed by atoms with Crippen LogP contribution in [-0.2, 0) is 6.42 Å². The van der Waals surface area contributed by atoms with Gasteiger partial charge in [-0.2, -0.15) is 0 Å². The maximum absolute atomic E-state index is 12.7. The van der Waals surface area contributed by atoms with Crippen LogP contribution in [0.3, 0.4) is 0 Å². The molecule has 2 amide bonds. The molecule has 1 unspecified atom stereocenters. The molecule has 2 aromatic carbocycles. The van der Waals surface area contributed by atoms with Gasteiger partial charge >= 0.3 is 0 Å². The van der Waals surface area contributed by atoms with Crippen LogP contribution >= 0.6 is 0 Å². The summed E-state index contributed by atoms with van der Waals surface area (Å²) in [7, 11) is 0. The third kappa shape index (κ3) is 3.42. The van der Waals surface area contributed by atoms with Crippen molar-refractivity contribution in [2.24, 2.45) is 11.7 Å². The van der Waals surface area contributed by atoms with E-state index >= 15 is 0 Å². The second kappa shape index (κ2) is 6.65. The fourth-order valence-corrected chi connectivity index (χ4v) is 3.19. The summed E-state index contributed by atoms with van der Waals surface area (Å²) in [6, 6.07) is 17.1. The second-order valence-electron chi connectivity index (χ2n) is 6.01. The zero-order valence-corrected chi connectivity index (χ0v) is 12.9. The molecule has 0 saturated carbocycles. The molecule has 23 heavy (non-hydrogen) atoms. The summed E-state index contributed by atoms with van der Waals surface area (Å²) in [6.45, 7) is 1.45. The summed E-state index contributed by atoms with van der Waals surface area (Å²) in [5.41, 5.74) is 7.37. The summed E-state index contributed by atoms with van der Waals surface area (Å²) in [5.74, 6) is -0.203. The molecule has 0 aromatic heterocycles. The van der Waals surface area contributed by atoms with Gasteiger partial charge in [0, 0.05) is 13.1 Å². The van der Waals surface area contributed by atoms with Crippen molar-refractivity contribution in [3.63, 3.8) is 0 Å². The Hall–Kier alpha value is -2.62. The van der Waals surface area contributed by atoms with Crippen LogP contribution in [0.5, 0.6) is 0 Å². The average Bonchev–Trinajstić information content (AvgIpc) is 3.03. The summed E-state index contributed by atoms with van der Waals surface area (Å²) >= 11 is 0. The van der Waals surface area contributed by atoms with Crippen LogP contribution < -0.4 is 5.73 Å². The number of rotatable bonds is 4. The Bertz CT molecular complexity index is 712. The van der Waals surface area contributed by atoms with Gasteiger partial charge in [0.2, 0.25) is 5.91 Å². The van der Waals surface area contributed by atoms with Gasteiger partial charge in [-0.05, 0) is 36.5 Å². The number of benzene rings is 2. The lowest BCUT2D eigenvalue weighted by atomic mass is 9.99. The van der Waals surface area contributed by atoms with Crippen LogP contribution in [-0.4, -0.2) is 29.8 Å². The zero-order valence-electron chi connectivity index (χ0n) is 12.9. The highest BCUT2D eigenvalue weighted by Crippen LogP contribution is 2.23. The smallest absolute Gasteiger partial charge is 0.254 e. The Kier molecular flexibility index (Phi) is 4.42. The van der Waals surface area contributed by atoms with E-state index in [4.69, 9.17) is 5.73 Å². The van der Waals surface area contributed by atoms with Gasteiger partial charge in [-0.1, -0.05) is 42.5 Å². The highest BCUT2D eigenvalue weighted by atomic mass is 16.2. The number of carbonyl (C=O) groups is 2. The van der Waals surface area contributed by atoms with Crippen LogP contribution in [0.4, 0.5) is 0 Å². The number of nitrogens with two attached hydrogens (primary N) is 1. The minimum Gasteiger partial charge on any atom is -0.366 e. The molecule has 0 bridgehead atoms. The van der Waals surface area contributed by atoms with Gasteiger partial charge in [-0.3, -0.25) is 9.59 Å². The van der Waals surface area contributed by atoms with Crippen molar-refractivity contribution in [3.8, 4) is 0 Å². The van der Waals surface area contributed by atoms with Gasteiger partial charge < -0.3 is 10.6 Å². The van der Waals surface area contributed by atoms with Gasteiger partial charge in [-0.15, -0.1) is 0 Å². The molecule has 2 aromatic rings. The third-order valence-corrected chi connectivity index (χ3v) is 4.36. The van der Waals surface area contributed by atoms with Crippen molar-refractivity contribution in [2.75, 3.05) is 13.1 Å². The number of likely N-dealkylation sites (tertiary alicyclic amines) is 1. The molecular weight excluding hydrogens is 288 g/mol. The van der Waals surface area contributed by atoms with Crippen LogP contribution in [0, 0.1) is 5.92 Å². The van der Waals surface area contributed by atoms with Crippen molar-refractivity contribution >= 4 is 11.8 Å². The quantitative estimate of drug-likeness (QED) is 0.943. The van der Waals surface area contributed by atoms with E-state index < -0.39 is 5.91 Å². The lowest BCUT2D eigenvalue weighted by Gasteiger charge is -2.18. The molecule has 2 N–H and O–H groups in total. The lowest BCUT2D eigenvalue weighted by Crippen LogP contribution is -2.31. The number of hydrogen-bond donors (Lipinski definition) is 1. The summed E-state index contributed by atoms with van der Waals surface area (Å²) in [5, 5.41) is 0. The number of carbonyl (C=O) groups excluding carboxylic acids is 2. The van der Waals surface area contributed by atoms with Crippen molar-refractivity contribution < 1.29 is 9.59 Å². The first-order chi connectivity index (χ1) is 11.1. The normalized spacial score (nSPS) is 17.2. The van der Waals surface area contributed by atoms with E-state index in [-0.39, 0.29) is 5.91 Å². The SMILES string of the molecule is NC(=O)c1ccccc1C(=O)N1CCC(Cc2ccccc2)C1. The number of amides is 2. The predicted molar refractivity (Wildman–Crippen MR) is 89.1 cm³/mol. The summed E-state index contributed by atoms with van der Waals surface area (Å²) < 4.78 is 0. The monoisotopic (exact) mass is 308 g/mol. The molecule has 1 heterocycles. The van der Waals surface area contributed by atoms with E-state index in [2.05, 4.69) is 12.1 Å². The molecule has 1 fully saturated rings. The Balaban J connectivity index is 1.69. The Morgan fingerprint density at radius 3 is 2.35 bits per heavy atom.